The third kappa shape index (κ3) is 3.52. The van der Waals surface area contributed by atoms with Gasteiger partial charge in [0.25, 0.3) is 5.91 Å². The van der Waals surface area contributed by atoms with Gasteiger partial charge in [-0.05, 0) is 40.8 Å². The number of nitrogens with zero attached hydrogens (tertiary/aromatic N) is 2. The predicted octanol–water partition coefficient (Wildman–Crippen LogP) is 2.41. The van der Waals surface area contributed by atoms with Crippen molar-refractivity contribution in [2.45, 2.75) is 6.42 Å². The molecule has 1 amide bonds. The van der Waals surface area contributed by atoms with Crippen LogP contribution in [-0.4, -0.2) is 22.6 Å². The van der Waals surface area contributed by atoms with Gasteiger partial charge in [0, 0.05) is 21.0 Å². The van der Waals surface area contributed by atoms with E-state index >= 15 is 0 Å². The minimum absolute atomic E-state index is 0.111. The highest BCUT2D eigenvalue weighted by molar-refractivity contribution is 14.1. The number of amides is 1. The van der Waals surface area contributed by atoms with Crippen LogP contribution in [0.2, 0.25) is 0 Å². The van der Waals surface area contributed by atoms with Crippen LogP contribution in [0.25, 0.3) is 0 Å². The van der Waals surface area contributed by atoms with Gasteiger partial charge < -0.3 is 9.84 Å². The van der Waals surface area contributed by atoms with E-state index in [-0.39, 0.29) is 5.91 Å². The van der Waals surface area contributed by atoms with Crippen molar-refractivity contribution >= 4 is 44.4 Å². The Morgan fingerprint density at radius 1 is 1.50 bits per heavy atom. The standard InChI is InChI=1S/C11H9BrIN3O2/c12-7-1-2-9(13)8(5-7)11(17)14-4-3-10-15-6-16-18-10/h1-2,5-6H,3-4H2,(H,14,17). The van der Waals surface area contributed by atoms with Gasteiger partial charge >= 0.3 is 0 Å². The summed E-state index contributed by atoms with van der Waals surface area (Å²) in [5.41, 5.74) is 0.649. The van der Waals surface area contributed by atoms with Crippen LogP contribution in [0.4, 0.5) is 0 Å². The number of aromatic nitrogens is 2. The summed E-state index contributed by atoms with van der Waals surface area (Å²) >= 11 is 5.48. The van der Waals surface area contributed by atoms with Crippen molar-refractivity contribution in [3.8, 4) is 0 Å². The highest BCUT2D eigenvalue weighted by Gasteiger charge is 2.10. The summed E-state index contributed by atoms with van der Waals surface area (Å²) in [6, 6.07) is 5.58. The molecule has 1 aromatic carbocycles. The van der Waals surface area contributed by atoms with Crippen LogP contribution in [0.5, 0.6) is 0 Å². The van der Waals surface area contributed by atoms with Crippen molar-refractivity contribution < 1.29 is 9.32 Å². The topological polar surface area (TPSA) is 68.0 Å². The first-order chi connectivity index (χ1) is 8.66. The fraction of sp³-hybridized carbons (Fsp3) is 0.182. The molecule has 0 spiro atoms. The number of hydrogen-bond acceptors (Lipinski definition) is 4. The number of benzene rings is 1. The lowest BCUT2D eigenvalue weighted by Gasteiger charge is -2.06. The van der Waals surface area contributed by atoms with Gasteiger partial charge in [0.15, 0.2) is 6.33 Å². The summed E-state index contributed by atoms with van der Waals surface area (Å²) in [7, 11) is 0. The van der Waals surface area contributed by atoms with Crippen molar-refractivity contribution in [3.05, 3.63) is 44.0 Å². The minimum atomic E-state index is -0.111. The normalized spacial score (nSPS) is 10.3. The van der Waals surface area contributed by atoms with Gasteiger partial charge in [-0.2, -0.15) is 4.98 Å². The maximum Gasteiger partial charge on any atom is 0.252 e. The molecule has 0 atom stereocenters. The number of nitrogens with one attached hydrogen (secondary N) is 1. The molecule has 7 heteroatoms. The Bertz CT molecular complexity index is 545. The van der Waals surface area contributed by atoms with Crippen LogP contribution in [0, 0.1) is 3.57 Å². The molecule has 0 unspecified atom stereocenters. The molecule has 1 N–H and O–H groups in total. The fourth-order valence-corrected chi connectivity index (χ4v) is 2.30. The minimum Gasteiger partial charge on any atom is -0.351 e. The van der Waals surface area contributed by atoms with E-state index in [1.54, 1.807) is 6.07 Å². The molecular weight excluding hydrogens is 413 g/mol. The van der Waals surface area contributed by atoms with Gasteiger partial charge in [-0.3, -0.25) is 4.79 Å². The average Bonchev–Trinajstić information content (AvgIpc) is 2.85. The second-order valence-electron chi connectivity index (χ2n) is 3.47. The maximum absolute atomic E-state index is 11.9. The number of rotatable bonds is 4. The van der Waals surface area contributed by atoms with Gasteiger partial charge in [-0.25, -0.2) is 0 Å². The quantitative estimate of drug-likeness (QED) is 0.769. The van der Waals surface area contributed by atoms with Crippen LogP contribution < -0.4 is 5.32 Å². The third-order valence-corrected chi connectivity index (χ3v) is 3.64. The van der Waals surface area contributed by atoms with E-state index in [2.05, 4.69) is 54.0 Å². The molecule has 0 aliphatic heterocycles. The lowest BCUT2D eigenvalue weighted by atomic mass is 10.2. The van der Waals surface area contributed by atoms with Crippen molar-refractivity contribution in [1.82, 2.24) is 15.5 Å². The summed E-state index contributed by atoms with van der Waals surface area (Å²) in [6.07, 6.45) is 1.87. The van der Waals surface area contributed by atoms with E-state index in [0.717, 1.165) is 8.04 Å². The number of carbonyl (C=O) groups excluding carboxylic acids is 1. The van der Waals surface area contributed by atoms with Crippen molar-refractivity contribution in [1.29, 1.82) is 0 Å². The molecular formula is C11H9BrIN3O2. The summed E-state index contributed by atoms with van der Waals surface area (Å²) in [6.45, 7) is 0.462. The summed E-state index contributed by atoms with van der Waals surface area (Å²) in [4.78, 5) is 15.8. The van der Waals surface area contributed by atoms with Crippen molar-refractivity contribution in [2.24, 2.45) is 0 Å². The summed E-state index contributed by atoms with van der Waals surface area (Å²) < 4.78 is 6.63. The Labute approximate surface area is 126 Å². The summed E-state index contributed by atoms with van der Waals surface area (Å²) in [5.74, 6) is 0.402. The molecule has 0 aliphatic carbocycles. The van der Waals surface area contributed by atoms with E-state index in [4.69, 9.17) is 4.52 Å². The van der Waals surface area contributed by atoms with Crippen molar-refractivity contribution in [3.63, 3.8) is 0 Å². The van der Waals surface area contributed by atoms with Crippen LogP contribution in [0.15, 0.2) is 33.5 Å². The van der Waals surface area contributed by atoms with Crippen LogP contribution in [0.3, 0.4) is 0 Å². The SMILES string of the molecule is O=C(NCCc1ncno1)c1cc(Br)ccc1I. The molecule has 18 heavy (non-hydrogen) atoms. The molecule has 0 bridgehead atoms. The monoisotopic (exact) mass is 421 g/mol. The average molecular weight is 422 g/mol. The van der Waals surface area contributed by atoms with Gasteiger partial charge in [0.05, 0.1) is 5.56 Å². The Balaban J connectivity index is 1.93. The highest BCUT2D eigenvalue weighted by atomic mass is 127. The zero-order valence-corrected chi connectivity index (χ0v) is 12.9. The zero-order valence-electron chi connectivity index (χ0n) is 9.19. The maximum atomic E-state index is 11.9. The van der Waals surface area contributed by atoms with E-state index in [1.807, 2.05) is 12.1 Å². The lowest BCUT2D eigenvalue weighted by Crippen LogP contribution is -2.26. The lowest BCUT2D eigenvalue weighted by molar-refractivity contribution is 0.0952. The molecule has 1 heterocycles. The molecule has 2 rings (SSSR count). The second kappa shape index (κ2) is 6.28. The third-order valence-electron chi connectivity index (χ3n) is 2.20. The van der Waals surface area contributed by atoms with E-state index < -0.39 is 0 Å². The van der Waals surface area contributed by atoms with Crippen LogP contribution >= 0.6 is 38.5 Å². The van der Waals surface area contributed by atoms with E-state index in [1.165, 1.54) is 6.33 Å². The largest absolute Gasteiger partial charge is 0.351 e. The highest BCUT2D eigenvalue weighted by Crippen LogP contribution is 2.18. The second-order valence-corrected chi connectivity index (χ2v) is 5.54. The van der Waals surface area contributed by atoms with Crippen LogP contribution in [-0.2, 0) is 6.42 Å². The smallest absolute Gasteiger partial charge is 0.252 e. The van der Waals surface area contributed by atoms with E-state index in [9.17, 15) is 4.79 Å². The fourth-order valence-electron chi connectivity index (χ4n) is 1.36. The molecule has 0 radical (unpaired) electrons. The Kier molecular flexibility index (Phi) is 4.70. The van der Waals surface area contributed by atoms with Crippen LogP contribution in [0.1, 0.15) is 16.2 Å². The molecule has 1 aromatic heterocycles. The van der Waals surface area contributed by atoms with Gasteiger partial charge in [-0.15, -0.1) is 0 Å². The summed E-state index contributed by atoms with van der Waals surface area (Å²) in [5, 5.41) is 6.31. The zero-order chi connectivity index (χ0) is 13.0. The van der Waals surface area contributed by atoms with E-state index in [0.29, 0.717) is 24.4 Å². The van der Waals surface area contributed by atoms with Gasteiger partial charge in [-0.1, -0.05) is 21.1 Å². The molecule has 0 saturated carbocycles. The molecule has 0 saturated heterocycles. The number of halogens is 2. The number of carbonyl (C=O) groups is 1. The first-order valence-electron chi connectivity index (χ1n) is 5.15. The molecule has 5 nitrogen and oxygen atoms in total. The Morgan fingerprint density at radius 3 is 3.06 bits per heavy atom. The number of hydrogen-bond donors (Lipinski definition) is 1. The molecule has 0 fully saturated rings. The van der Waals surface area contributed by atoms with Gasteiger partial charge in [0.1, 0.15) is 0 Å². The predicted molar refractivity (Wildman–Crippen MR) is 77.2 cm³/mol. The Morgan fingerprint density at radius 2 is 2.33 bits per heavy atom. The Hall–Kier alpha value is -0.960. The molecule has 2 aromatic rings. The van der Waals surface area contributed by atoms with Gasteiger partial charge in [0.2, 0.25) is 5.89 Å². The molecule has 94 valence electrons. The first-order valence-corrected chi connectivity index (χ1v) is 7.03. The molecule has 0 aliphatic rings. The van der Waals surface area contributed by atoms with Crippen molar-refractivity contribution in [2.75, 3.05) is 6.54 Å². The first kappa shape index (κ1) is 13.5.